The van der Waals surface area contributed by atoms with Crippen LogP contribution in [-0.4, -0.2) is 36.8 Å². The average molecular weight is 478 g/mol. The molecule has 0 bridgehead atoms. The Balaban J connectivity index is 1.83. The zero-order valence-corrected chi connectivity index (χ0v) is 17.1. The van der Waals surface area contributed by atoms with Crippen LogP contribution in [0.3, 0.4) is 0 Å². The molecule has 0 aliphatic heterocycles. The van der Waals surface area contributed by atoms with Gasteiger partial charge in [0.25, 0.3) is 0 Å². The number of nitrogens with one attached hydrogen (secondary N) is 1. The van der Waals surface area contributed by atoms with Crippen molar-refractivity contribution in [1.29, 1.82) is 0 Å². The Morgan fingerprint density at radius 1 is 1.21 bits per heavy atom. The van der Waals surface area contributed by atoms with Crippen LogP contribution in [0.25, 0.3) is 27.8 Å². The minimum atomic E-state index is -4.84. The first kappa shape index (κ1) is 22.9. The van der Waals surface area contributed by atoms with E-state index in [2.05, 4.69) is 31.8 Å². The van der Waals surface area contributed by atoms with Crippen LogP contribution in [0, 0.1) is 0 Å². The van der Waals surface area contributed by atoms with E-state index in [-0.39, 0.29) is 12.2 Å². The maximum Gasteiger partial charge on any atom is 0.573 e. The number of halogens is 5. The highest BCUT2D eigenvalue weighted by atomic mass is 19.4. The number of hydrogen-bond acceptors (Lipinski definition) is 5. The summed E-state index contributed by atoms with van der Waals surface area (Å²) in [5.41, 5.74) is 1.82. The summed E-state index contributed by atoms with van der Waals surface area (Å²) >= 11 is 0. The van der Waals surface area contributed by atoms with Gasteiger partial charge in [0.05, 0.1) is 29.5 Å². The van der Waals surface area contributed by atoms with Crippen LogP contribution < -0.4 is 10.1 Å². The van der Waals surface area contributed by atoms with E-state index in [0.29, 0.717) is 32.6 Å². The van der Waals surface area contributed by atoms with Crippen LogP contribution in [0.15, 0.2) is 61.6 Å². The van der Waals surface area contributed by atoms with Crippen molar-refractivity contribution < 1.29 is 31.5 Å². The van der Waals surface area contributed by atoms with E-state index in [9.17, 15) is 26.7 Å². The molecule has 0 unspecified atom stereocenters. The molecule has 1 aromatic carbocycles. The Labute approximate surface area is 188 Å². The van der Waals surface area contributed by atoms with E-state index in [1.807, 2.05) is 0 Å². The number of alkyl halides is 5. The van der Waals surface area contributed by atoms with E-state index < -0.39 is 24.6 Å². The van der Waals surface area contributed by atoms with Crippen molar-refractivity contribution in [2.45, 2.75) is 19.5 Å². The van der Waals surface area contributed by atoms with E-state index >= 15 is 0 Å². The molecule has 176 valence electrons. The third-order valence-electron chi connectivity index (χ3n) is 4.68. The van der Waals surface area contributed by atoms with Gasteiger partial charge in [0, 0.05) is 18.0 Å². The lowest BCUT2D eigenvalue weighted by Crippen LogP contribution is -2.20. The molecule has 1 N–H and O–H groups in total. The van der Waals surface area contributed by atoms with Crippen LogP contribution >= 0.6 is 0 Å². The molecule has 0 aliphatic rings. The zero-order valence-electron chi connectivity index (χ0n) is 17.1. The highest BCUT2D eigenvalue weighted by Crippen LogP contribution is 2.32. The molecule has 0 spiro atoms. The highest BCUT2D eigenvalue weighted by Gasteiger charge is 2.31. The highest BCUT2D eigenvalue weighted by molar-refractivity contribution is 5.95. The van der Waals surface area contributed by atoms with E-state index in [4.69, 9.17) is 0 Å². The molecule has 0 radical (unpaired) electrons. The second-order valence-electron chi connectivity index (χ2n) is 6.87. The minimum absolute atomic E-state index is 0.0503. The number of amides is 1. The standard InChI is InChI=1S/C21H15F5N6O2/c1-2-17(33)28-10-16-18-15(12-9-29-31(11-12)20(22)23)7-8-27-19(18)32(30-16)13-3-5-14(6-4-13)34-21(24,25)26/h2-9,11,20H,1,10H2,(H,28,33). The number of rotatable bonds is 7. The summed E-state index contributed by atoms with van der Waals surface area (Å²) in [5.74, 6) is -0.883. The van der Waals surface area contributed by atoms with Crippen molar-refractivity contribution in [2.75, 3.05) is 0 Å². The second kappa shape index (κ2) is 8.92. The van der Waals surface area contributed by atoms with Gasteiger partial charge >= 0.3 is 12.9 Å². The number of ether oxygens (including phenoxy) is 1. The van der Waals surface area contributed by atoms with Crippen molar-refractivity contribution in [3.63, 3.8) is 0 Å². The van der Waals surface area contributed by atoms with Gasteiger partial charge in [-0.1, -0.05) is 6.58 Å². The summed E-state index contributed by atoms with van der Waals surface area (Å²) < 4.78 is 69.2. The number of pyridine rings is 1. The summed E-state index contributed by atoms with van der Waals surface area (Å²) in [6.45, 7) is 0.496. The van der Waals surface area contributed by atoms with Crippen LogP contribution in [-0.2, 0) is 11.3 Å². The lowest BCUT2D eigenvalue weighted by molar-refractivity contribution is -0.274. The van der Waals surface area contributed by atoms with Crippen molar-refractivity contribution in [3.05, 3.63) is 67.3 Å². The van der Waals surface area contributed by atoms with Crippen LogP contribution in [0.4, 0.5) is 22.0 Å². The molecular weight excluding hydrogens is 463 g/mol. The third kappa shape index (κ3) is 4.72. The molecule has 0 aliphatic carbocycles. The van der Waals surface area contributed by atoms with Gasteiger partial charge in [-0.15, -0.1) is 13.2 Å². The Morgan fingerprint density at radius 2 is 1.94 bits per heavy atom. The van der Waals surface area contributed by atoms with Crippen LogP contribution in [0.1, 0.15) is 12.2 Å². The molecule has 1 amide bonds. The van der Waals surface area contributed by atoms with Gasteiger partial charge in [0.2, 0.25) is 5.91 Å². The summed E-state index contributed by atoms with van der Waals surface area (Å²) in [6, 6.07) is 6.52. The molecule has 4 aromatic rings. The topological polar surface area (TPSA) is 86.9 Å². The third-order valence-corrected chi connectivity index (χ3v) is 4.68. The Kier molecular flexibility index (Phi) is 6.01. The van der Waals surface area contributed by atoms with Gasteiger partial charge in [-0.3, -0.25) is 4.79 Å². The Hall–Kier alpha value is -4.29. The summed E-state index contributed by atoms with van der Waals surface area (Å²) in [4.78, 5) is 16.0. The monoisotopic (exact) mass is 478 g/mol. The Bertz CT molecular complexity index is 1340. The predicted octanol–water partition coefficient (Wildman–Crippen LogP) is 4.38. The van der Waals surface area contributed by atoms with Gasteiger partial charge in [-0.25, -0.2) is 14.3 Å². The number of aromatic nitrogens is 5. The van der Waals surface area contributed by atoms with E-state index in [1.165, 1.54) is 29.2 Å². The predicted molar refractivity (Wildman–Crippen MR) is 110 cm³/mol. The first-order valence-corrected chi connectivity index (χ1v) is 9.62. The maximum absolute atomic E-state index is 13.0. The van der Waals surface area contributed by atoms with Gasteiger partial charge < -0.3 is 10.1 Å². The molecule has 0 atom stereocenters. The fourth-order valence-electron chi connectivity index (χ4n) is 3.27. The number of fused-ring (bicyclic) bond motifs is 1. The molecular formula is C21H15F5N6O2. The summed E-state index contributed by atoms with van der Waals surface area (Å²) in [6.07, 6.45) is 0.0859. The largest absolute Gasteiger partial charge is 0.573 e. The van der Waals surface area contributed by atoms with Crippen molar-refractivity contribution >= 4 is 16.9 Å². The van der Waals surface area contributed by atoms with E-state index in [1.54, 1.807) is 6.07 Å². The molecule has 4 rings (SSSR count). The maximum atomic E-state index is 13.0. The lowest BCUT2D eigenvalue weighted by atomic mass is 10.1. The normalized spacial score (nSPS) is 11.7. The Morgan fingerprint density at radius 3 is 2.56 bits per heavy atom. The van der Waals surface area contributed by atoms with Gasteiger partial charge in [-0.2, -0.15) is 19.0 Å². The fraction of sp³-hybridized carbons (Fsp3) is 0.143. The smallest absolute Gasteiger partial charge is 0.406 e. The van der Waals surface area contributed by atoms with E-state index in [0.717, 1.165) is 24.4 Å². The van der Waals surface area contributed by atoms with Crippen molar-refractivity contribution in [2.24, 2.45) is 0 Å². The van der Waals surface area contributed by atoms with Crippen LogP contribution in [0.5, 0.6) is 5.75 Å². The number of hydrogen-bond donors (Lipinski definition) is 1. The number of nitrogens with zero attached hydrogens (tertiary/aromatic N) is 5. The minimum Gasteiger partial charge on any atom is -0.406 e. The first-order valence-electron chi connectivity index (χ1n) is 9.62. The van der Waals surface area contributed by atoms with Crippen molar-refractivity contribution in [1.82, 2.24) is 29.9 Å². The van der Waals surface area contributed by atoms with Gasteiger partial charge in [-0.05, 0) is 42.0 Å². The molecule has 13 heteroatoms. The average Bonchev–Trinajstić information content (AvgIpc) is 3.42. The van der Waals surface area contributed by atoms with Gasteiger partial charge in [0.15, 0.2) is 5.65 Å². The second-order valence-corrected chi connectivity index (χ2v) is 6.87. The number of benzene rings is 1. The van der Waals surface area contributed by atoms with Crippen molar-refractivity contribution in [3.8, 4) is 22.6 Å². The number of carbonyl (C=O) groups excluding carboxylic acids is 1. The summed E-state index contributed by atoms with van der Waals surface area (Å²) in [7, 11) is 0. The fourth-order valence-corrected chi connectivity index (χ4v) is 3.27. The van der Waals surface area contributed by atoms with Crippen LogP contribution in [0.2, 0.25) is 0 Å². The molecule has 0 saturated heterocycles. The summed E-state index contributed by atoms with van der Waals surface area (Å²) in [5, 5.41) is 11.2. The molecule has 0 saturated carbocycles. The number of carbonyl (C=O) groups is 1. The molecule has 34 heavy (non-hydrogen) atoms. The lowest BCUT2D eigenvalue weighted by Gasteiger charge is -2.09. The molecule has 3 aromatic heterocycles. The molecule has 0 fully saturated rings. The molecule has 8 nitrogen and oxygen atoms in total. The van der Waals surface area contributed by atoms with Gasteiger partial charge in [0.1, 0.15) is 5.75 Å². The SMILES string of the molecule is C=CC(=O)NCc1nn(-c2ccc(OC(F)(F)F)cc2)c2nccc(-c3cnn(C(F)F)c3)c12. The zero-order chi connectivity index (χ0) is 24.5. The molecule has 3 heterocycles. The first-order chi connectivity index (χ1) is 16.2. The quantitative estimate of drug-likeness (QED) is 0.315.